The lowest BCUT2D eigenvalue weighted by molar-refractivity contribution is 0.0837. The number of carbonyl (C=O) groups is 1. The fourth-order valence-corrected chi connectivity index (χ4v) is 2.61. The lowest BCUT2D eigenvalue weighted by Gasteiger charge is -2.26. The first-order valence-corrected chi connectivity index (χ1v) is 8.50. The summed E-state index contributed by atoms with van der Waals surface area (Å²) >= 11 is 22.2. The van der Waals surface area contributed by atoms with Gasteiger partial charge >= 0.3 is 0 Å². The largest absolute Gasteiger partial charge is 0.466 e. The van der Waals surface area contributed by atoms with Gasteiger partial charge in [0.1, 0.15) is 5.75 Å². The second-order valence-corrected chi connectivity index (χ2v) is 8.18. The zero-order valence-electron chi connectivity index (χ0n) is 10.4. The van der Waals surface area contributed by atoms with Gasteiger partial charge in [0.05, 0.1) is 4.88 Å². The van der Waals surface area contributed by atoms with E-state index in [2.05, 4.69) is 21.2 Å². The lowest BCUT2D eigenvalue weighted by Crippen LogP contribution is -2.47. The Morgan fingerprint density at radius 2 is 1.90 bits per heavy atom. The highest BCUT2D eigenvalue weighted by Crippen LogP contribution is 2.32. The molecule has 3 nitrogen and oxygen atoms in total. The fourth-order valence-electron chi connectivity index (χ4n) is 1.43. The van der Waals surface area contributed by atoms with E-state index < -0.39 is 10.0 Å². The summed E-state index contributed by atoms with van der Waals surface area (Å²) in [6, 6.07) is 10.4. The maximum atomic E-state index is 12.0. The van der Waals surface area contributed by atoms with Crippen LogP contribution in [0.15, 0.2) is 46.3 Å². The first-order valence-electron chi connectivity index (χ1n) is 5.69. The Bertz CT molecular complexity index is 599. The minimum Gasteiger partial charge on any atom is -0.466 e. The van der Waals surface area contributed by atoms with Crippen molar-refractivity contribution in [2.75, 3.05) is 0 Å². The van der Waals surface area contributed by atoms with Gasteiger partial charge in [-0.2, -0.15) is 0 Å². The monoisotopic (exact) mass is 427 g/mol. The Hall–Kier alpha value is -0.460. The van der Waals surface area contributed by atoms with Crippen LogP contribution < -0.4 is 10.1 Å². The number of benzene rings is 1. The maximum Gasteiger partial charge on any atom is 0.264 e. The number of halogens is 4. The van der Waals surface area contributed by atoms with Crippen molar-refractivity contribution in [1.29, 1.82) is 0 Å². The molecule has 1 aromatic carbocycles. The molecule has 1 aromatic heterocycles. The quantitative estimate of drug-likeness (QED) is 0.548. The van der Waals surface area contributed by atoms with Gasteiger partial charge in [-0.1, -0.05) is 56.8 Å². The number of ether oxygens (including phenoxy) is 1. The van der Waals surface area contributed by atoms with Gasteiger partial charge in [-0.05, 0) is 35.7 Å². The number of rotatable bonds is 4. The summed E-state index contributed by atoms with van der Waals surface area (Å²) in [5.74, 6) is 0.111. The van der Waals surface area contributed by atoms with Crippen molar-refractivity contribution >= 4 is 68.0 Å². The van der Waals surface area contributed by atoms with Crippen LogP contribution in [0.2, 0.25) is 0 Å². The van der Waals surface area contributed by atoms with Crippen LogP contribution in [0.25, 0.3) is 0 Å². The second kappa shape index (κ2) is 7.20. The normalized spacial score (nSPS) is 12.8. The number of carbonyl (C=O) groups excluding carboxylic acids is 1. The minimum absolute atomic E-state index is 0.363. The van der Waals surface area contributed by atoms with Crippen molar-refractivity contribution in [2.24, 2.45) is 0 Å². The maximum absolute atomic E-state index is 12.0. The predicted octanol–water partition coefficient (Wildman–Crippen LogP) is 5.02. The summed E-state index contributed by atoms with van der Waals surface area (Å²) in [5.41, 5.74) is 0. The summed E-state index contributed by atoms with van der Waals surface area (Å²) in [5, 5.41) is 4.35. The van der Waals surface area contributed by atoms with E-state index in [0.717, 1.165) is 4.47 Å². The van der Waals surface area contributed by atoms with Crippen molar-refractivity contribution in [3.05, 3.63) is 51.1 Å². The standard InChI is InChI=1S/C13H9BrCl3NO2S/c14-8-3-5-9(6-4-8)20-12(13(15,16)17)18-11(19)10-2-1-7-21-10/h1-7,12H,(H,18,19). The first-order chi connectivity index (χ1) is 9.86. The van der Waals surface area contributed by atoms with Crippen LogP contribution in [0, 0.1) is 0 Å². The van der Waals surface area contributed by atoms with Crippen LogP contribution in [-0.4, -0.2) is 15.9 Å². The van der Waals surface area contributed by atoms with E-state index in [1.54, 1.807) is 41.8 Å². The van der Waals surface area contributed by atoms with Gasteiger partial charge in [-0.25, -0.2) is 0 Å². The number of amides is 1. The van der Waals surface area contributed by atoms with Gasteiger partial charge < -0.3 is 10.1 Å². The minimum atomic E-state index is -1.81. The van der Waals surface area contributed by atoms with E-state index in [0.29, 0.717) is 10.6 Å². The van der Waals surface area contributed by atoms with Crippen molar-refractivity contribution in [3.63, 3.8) is 0 Å². The van der Waals surface area contributed by atoms with Gasteiger partial charge in [0, 0.05) is 4.47 Å². The summed E-state index contributed by atoms with van der Waals surface area (Å²) in [6.07, 6.45) is -1.11. The molecule has 8 heteroatoms. The molecule has 1 heterocycles. The van der Waals surface area contributed by atoms with Crippen LogP contribution in [-0.2, 0) is 0 Å². The highest BCUT2D eigenvalue weighted by molar-refractivity contribution is 9.10. The molecular weight excluding hydrogens is 420 g/mol. The molecule has 0 saturated carbocycles. The molecule has 0 bridgehead atoms. The average molecular weight is 430 g/mol. The van der Waals surface area contributed by atoms with Crippen LogP contribution in [0.5, 0.6) is 5.75 Å². The highest BCUT2D eigenvalue weighted by atomic mass is 79.9. The van der Waals surface area contributed by atoms with Crippen molar-refractivity contribution in [2.45, 2.75) is 10.0 Å². The molecule has 0 radical (unpaired) electrons. The van der Waals surface area contributed by atoms with Gasteiger partial charge in [0.15, 0.2) is 0 Å². The van der Waals surface area contributed by atoms with Crippen LogP contribution >= 0.6 is 62.1 Å². The molecule has 0 aliphatic heterocycles. The first kappa shape index (κ1) is 16.9. The smallest absolute Gasteiger partial charge is 0.264 e. The van der Waals surface area contributed by atoms with Crippen LogP contribution in [0.4, 0.5) is 0 Å². The summed E-state index contributed by atoms with van der Waals surface area (Å²) in [7, 11) is 0. The molecule has 21 heavy (non-hydrogen) atoms. The van der Waals surface area contributed by atoms with E-state index in [-0.39, 0.29) is 5.91 Å². The van der Waals surface area contributed by atoms with Gasteiger partial charge in [0.25, 0.3) is 5.91 Å². The Morgan fingerprint density at radius 3 is 2.43 bits per heavy atom. The highest BCUT2D eigenvalue weighted by Gasteiger charge is 2.36. The van der Waals surface area contributed by atoms with Crippen LogP contribution in [0.3, 0.4) is 0 Å². The molecule has 0 saturated heterocycles. The summed E-state index contributed by atoms with van der Waals surface area (Å²) in [4.78, 5) is 12.6. The van der Waals surface area contributed by atoms with Crippen molar-refractivity contribution in [3.8, 4) is 5.75 Å². The molecule has 0 spiro atoms. The number of alkyl halides is 3. The molecule has 1 unspecified atom stereocenters. The van der Waals surface area contributed by atoms with E-state index in [1.165, 1.54) is 11.3 Å². The Kier molecular flexibility index (Phi) is 5.80. The van der Waals surface area contributed by atoms with Crippen molar-refractivity contribution < 1.29 is 9.53 Å². The molecule has 112 valence electrons. The van der Waals surface area contributed by atoms with E-state index in [4.69, 9.17) is 39.5 Å². The average Bonchev–Trinajstić information content (AvgIpc) is 2.93. The van der Waals surface area contributed by atoms with Gasteiger partial charge in [-0.15, -0.1) is 11.3 Å². The van der Waals surface area contributed by atoms with E-state index in [9.17, 15) is 4.79 Å². The van der Waals surface area contributed by atoms with E-state index in [1.807, 2.05) is 0 Å². The fraction of sp³-hybridized carbons (Fsp3) is 0.154. The number of hydrogen-bond acceptors (Lipinski definition) is 3. The SMILES string of the molecule is O=C(NC(Oc1ccc(Br)cc1)C(Cl)(Cl)Cl)c1cccs1. The van der Waals surface area contributed by atoms with E-state index >= 15 is 0 Å². The Balaban J connectivity index is 2.12. The molecule has 2 aromatic rings. The van der Waals surface area contributed by atoms with Gasteiger partial charge in [0.2, 0.25) is 10.0 Å². The number of hydrogen-bond donors (Lipinski definition) is 1. The third kappa shape index (κ3) is 5.04. The molecule has 1 amide bonds. The summed E-state index contributed by atoms with van der Waals surface area (Å²) < 4.78 is 4.64. The number of thiophene rings is 1. The topological polar surface area (TPSA) is 38.3 Å². The predicted molar refractivity (Wildman–Crippen MR) is 90.6 cm³/mol. The third-order valence-corrected chi connectivity index (χ3v) is 4.36. The van der Waals surface area contributed by atoms with Crippen molar-refractivity contribution in [1.82, 2.24) is 5.32 Å². The molecular formula is C13H9BrCl3NO2S. The molecule has 1 atom stereocenters. The zero-order chi connectivity index (χ0) is 15.5. The Labute approximate surface area is 149 Å². The van der Waals surface area contributed by atoms with Gasteiger partial charge in [-0.3, -0.25) is 4.79 Å². The number of nitrogens with one attached hydrogen (secondary N) is 1. The zero-order valence-corrected chi connectivity index (χ0v) is 15.0. The molecule has 0 aliphatic rings. The molecule has 0 aliphatic carbocycles. The lowest BCUT2D eigenvalue weighted by atomic mass is 10.3. The van der Waals surface area contributed by atoms with Crippen LogP contribution in [0.1, 0.15) is 9.67 Å². The molecule has 1 N–H and O–H groups in total. The summed E-state index contributed by atoms with van der Waals surface area (Å²) in [6.45, 7) is 0. The third-order valence-electron chi connectivity index (χ3n) is 2.37. The Morgan fingerprint density at radius 1 is 1.24 bits per heavy atom. The molecule has 2 rings (SSSR count). The second-order valence-electron chi connectivity index (χ2n) is 3.94. The molecule has 0 fully saturated rings.